The number of ketones is 2. The van der Waals surface area contributed by atoms with Gasteiger partial charge in [-0.1, -0.05) is 48.7 Å². The number of carbonyl (C=O) groups is 4. The van der Waals surface area contributed by atoms with Gasteiger partial charge in [0.15, 0.2) is 5.78 Å². The fraction of sp³-hybridized carbons (Fsp3) is 0.455. The maximum absolute atomic E-state index is 13.1. The lowest BCUT2D eigenvalue weighted by Gasteiger charge is -2.23. The first-order chi connectivity index (χ1) is 15.3. The van der Waals surface area contributed by atoms with Crippen molar-refractivity contribution >= 4 is 35.1 Å². The molecule has 2 unspecified atom stereocenters. The lowest BCUT2D eigenvalue weighted by atomic mass is 9.87. The second-order valence-electron chi connectivity index (χ2n) is 8.01. The second-order valence-corrected chi connectivity index (χ2v) is 8.85. The molecule has 1 aromatic heterocycles. The van der Waals surface area contributed by atoms with Gasteiger partial charge < -0.3 is 15.4 Å². The molecule has 0 aliphatic carbocycles. The lowest BCUT2D eigenvalue weighted by Crippen LogP contribution is -2.46. The van der Waals surface area contributed by atoms with Gasteiger partial charge in [-0.05, 0) is 23.0 Å². The van der Waals surface area contributed by atoms with Gasteiger partial charge in [0.05, 0.1) is 16.6 Å². The van der Waals surface area contributed by atoms with Crippen molar-refractivity contribution in [1.82, 2.24) is 20.2 Å². The molecule has 1 aliphatic heterocycles. The highest BCUT2D eigenvalue weighted by Crippen LogP contribution is 2.21. The van der Waals surface area contributed by atoms with Crippen LogP contribution in [0.15, 0.2) is 30.3 Å². The zero-order valence-electron chi connectivity index (χ0n) is 18.0. The molecule has 32 heavy (non-hydrogen) atoms. The minimum absolute atomic E-state index is 0.0760. The number of carbonyl (C=O) groups excluding carboxylic acids is 4. The number of alkyl carbamates (subject to hydrolysis) is 1. The topological polar surface area (TPSA) is 127 Å². The van der Waals surface area contributed by atoms with E-state index in [1.807, 2.05) is 30.3 Å². The van der Waals surface area contributed by atoms with Gasteiger partial charge in [0.2, 0.25) is 5.78 Å². The van der Waals surface area contributed by atoms with Crippen LogP contribution in [0, 0.1) is 11.8 Å². The number of Topliss-reactive ketones (excluding diaryl/α,β-unsaturated/α-hetero) is 2. The highest BCUT2D eigenvalue weighted by Gasteiger charge is 2.34. The number of nitrogens with one attached hydrogen (secondary N) is 2. The molecular weight excluding hydrogens is 432 g/mol. The Morgan fingerprint density at radius 1 is 1.25 bits per heavy atom. The molecule has 10 heteroatoms. The molecular formula is C22H26N4O5S. The molecule has 0 saturated carbocycles. The van der Waals surface area contributed by atoms with Crippen LogP contribution in [0.25, 0.3) is 0 Å². The van der Waals surface area contributed by atoms with E-state index in [9.17, 15) is 19.2 Å². The molecule has 1 aromatic carbocycles. The van der Waals surface area contributed by atoms with E-state index in [2.05, 4.69) is 20.2 Å². The Hall–Kier alpha value is -3.14. The van der Waals surface area contributed by atoms with Gasteiger partial charge in [0, 0.05) is 31.7 Å². The normalized spacial score (nSPS) is 17.4. The van der Waals surface area contributed by atoms with E-state index < -0.39 is 29.7 Å². The van der Waals surface area contributed by atoms with Crippen LogP contribution in [0.3, 0.4) is 0 Å². The Labute approximate surface area is 190 Å². The lowest BCUT2D eigenvalue weighted by molar-refractivity contribution is -0.141. The smallest absolute Gasteiger partial charge is 0.408 e. The summed E-state index contributed by atoms with van der Waals surface area (Å²) >= 11 is 1.22. The minimum Gasteiger partial charge on any atom is -0.445 e. The first-order valence-corrected chi connectivity index (χ1v) is 11.2. The van der Waals surface area contributed by atoms with Crippen LogP contribution in [0.1, 0.15) is 36.4 Å². The van der Waals surface area contributed by atoms with Crippen LogP contribution in [-0.4, -0.2) is 45.7 Å². The van der Waals surface area contributed by atoms with E-state index in [1.165, 1.54) is 11.5 Å². The van der Waals surface area contributed by atoms with Crippen molar-refractivity contribution in [1.29, 1.82) is 0 Å². The zero-order chi connectivity index (χ0) is 23.1. The highest BCUT2D eigenvalue weighted by molar-refractivity contribution is 7.05. The number of fused-ring (bicyclic) bond motifs is 1. The van der Waals surface area contributed by atoms with E-state index >= 15 is 0 Å². The van der Waals surface area contributed by atoms with Gasteiger partial charge in [-0.2, -0.15) is 0 Å². The Morgan fingerprint density at radius 2 is 2.00 bits per heavy atom. The molecule has 9 nitrogen and oxygen atoms in total. The summed E-state index contributed by atoms with van der Waals surface area (Å²) in [7, 11) is 0. The highest BCUT2D eigenvalue weighted by atomic mass is 32.1. The average molecular weight is 459 g/mol. The van der Waals surface area contributed by atoms with Crippen LogP contribution < -0.4 is 10.6 Å². The van der Waals surface area contributed by atoms with Crippen LogP contribution in [0.2, 0.25) is 0 Å². The minimum atomic E-state index is -0.869. The van der Waals surface area contributed by atoms with Gasteiger partial charge in [0.25, 0.3) is 5.91 Å². The number of aromatic nitrogens is 2. The first kappa shape index (κ1) is 23.5. The van der Waals surface area contributed by atoms with Crippen LogP contribution in [0.4, 0.5) is 4.79 Å². The quantitative estimate of drug-likeness (QED) is 0.606. The molecule has 0 fully saturated rings. The summed E-state index contributed by atoms with van der Waals surface area (Å²) in [6.07, 6.45) is -0.209. The SMILES string of the molecule is CC(C)C(NC(=O)OCc1ccccc1)C(=O)CC1Cc2nnsc2CCNC(=O)C1=O. The van der Waals surface area contributed by atoms with Gasteiger partial charge >= 0.3 is 6.09 Å². The summed E-state index contributed by atoms with van der Waals surface area (Å²) in [5.41, 5.74) is 1.46. The largest absolute Gasteiger partial charge is 0.445 e. The predicted molar refractivity (Wildman–Crippen MR) is 117 cm³/mol. The summed E-state index contributed by atoms with van der Waals surface area (Å²) in [5, 5.41) is 9.27. The number of rotatable bonds is 7. The predicted octanol–water partition coefficient (Wildman–Crippen LogP) is 1.85. The first-order valence-electron chi connectivity index (χ1n) is 10.5. The van der Waals surface area contributed by atoms with Crippen LogP contribution in [-0.2, 0) is 38.6 Å². The Bertz CT molecular complexity index is 976. The zero-order valence-corrected chi connectivity index (χ0v) is 18.8. The fourth-order valence-electron chi connectivity index (χ4n) is 3.51. The molecule has 0 saturated heterocycles. The maximum atomic E-state index is 13.1. The number of hydrogen-bond acceptors (Lipinski definition) is 8. The van der Waals surface area contributed by atoms with E-state index in [-0.39, 0.29) is 31.1 Å². The van der Waals surface area contributed by atoms with E-state index in [0.717, 1.165) is 10.4 Å². The molecule has 1 aliphatic rings. The maximum Gasteiger partial charge on any atom is 0.408 e. The molecule has 2 aromatic rings. The fourth-order valence-corrected chi connectivity index (χ4v) is 4.17. The number of benzene rings is 1. The summed E-state index contributed by atoms with van der Waals surface area (Å²) in [6, 6.07) is 8.34. The van der Waals surface area contributed by atoms with Crippen molar-refractivity contribution in [2.24, 2.45) is 11.8 Å². The van der Waals surface area contributed by atoms with Gasteiger partial charge in [-0.3, -0.25) is 14.4 Å². The summed E-state index contributed by atoms with van der Waals surface area (Å²) in [5.74, 6) is -2.81. The molecule has 2 atom stereocenters. The van der Waals surface area contributed by atoms with Gasteiger partial charge in [-0.25, -0.2) is 4.79 Å². The molecule has 0 bridgehead atoms. The number of amides is 2. The van der Waals surface area contributed by atoms with E-state index in [1.54, 1.807) is 13.8 Å². The third-order valence-corrected chi connectivity index (χ3v) is 6.08. The Balaban J connectivity index is 1.66. The molecule has 2 N–H and O–H groups in total. The van der Waals surface area contributed by atoms with Crippen molar-refractivity contribution in [3.63, 3.8) is 0 Å². The number of nitrogens with zero attached hydrogens (tertiary/aromatic N) is 2. The molecule has 3 rings (SSSR count). The van der Waals surface area contributed by atoms with Crippen molar-refractivity contribution in [3.05, 3.63) is 46.5 Å². The molecule has 170 valence electrons. The van der Waals surface area contributed by atoms with Crippen molar-refractivity contribution < 1.29 is 23.9 Å². The number of ether oxygens (including phenoxy) is 1. The summed E-state index contributed by atoms with van der Waals surface area (Å²) in [6.45, 7) is 3.97. The van der Waals surface area contributed by atoms with Gasteiger partial charge in [0.1, 0.15) is 6.61 Å². The third kappa shape index (κ3) is 6.19. The molecule has 0 spiro atoms. The van der Waals surface area contributed by atoms with Crippen molar-refractivity contribution in [2.45, 2.75) is 45.8 Å². The van der Waals surface area contributed by atoms with E-state index in [0.29, 0.717) is 18.7 Å². The van der Waals surface area contributed by atoms with E-state index in [4.69, 9.17) is 4.74 Å². The second kappa shape index (κ2) is 10.9. The number of hydrogen-bond donors (Lipinski definition) is 2. The van der Waals surface area contributed by atoms with Crippen LogP contribution >= 0.6 is 11.5 Å². The van der Waals surface area contributed by atoms with Crippen LogP contribution in [0.5, 0.6) is 0 Å². The Morgan fingerprint density at radius 3 is 2.72 bits per heavy atom. The van der Waals surface area contributed by atoms with Crippen molar-refractivity contribution in [3.8, 4) is 0 Å². The molecule has 0 radical (unpaired) electrons. The summed E-state index contributed by atoms with van der Waals surface area (Å²) < 4.78 is 9.16. The average Bonchev–Trinajstić information content (AvgIpc) is 3.22. The van der Waals surface area contributed by atoms with Gasteiger partial charge in [-0.15, -0.1) is 5.10 Å². The monoisotopic (exact) mass is 458 g/mol. The molecule has 2 amide bonds. The summed E-state index contributed by atoms with van der Waals surface area (Å²) in [4.78, 5) is 51.1. The Kier molecular flexibility index (Phi) is 8.04. The molecule has 2 heterocycles. The standard InChI is InChI=1S/C22H26N4O5S/c1-13(2)19(24-22(30)31-12-14-6-4-3-5-7-14)17(27)11-15-10-16-18(32-26-25-16)8-9-23-21(29)20(15)28/h3-7,13,15,19H,8-12H2,1-2H3,(H,23,29)(H,24,30). The third-order valence-electron chi connectivity index (χ3n) is 5.25. The van der Waals surface area contributed by atoms with Crippen molar-refractivity contribution in [2.75, 3.05) is 6.54 Å².